The second kappa shape index (κ2) is 7.30. The Morgan fingerprint density at radius 1 is 1.29 bits per heavy atom. The van der Waals surface area contributed by atoms with Crippen molar-refractivity contribution in [3.63, 3.8) is 0 Å². The minimum atomic E-state index is -5.22. The highest BCUT2D eigenvalue weighted by atomic mass is 32.2. The van der Waals surface area contributed by atoms with Crippen LogP contribution in [0.2, 0.25) is 0 Å². The summed E-state index contributed by atoms with van der Waals surface area (Å²) in [4.78, 5) is 3.99. The van der Waals surface area contributed by atoms with Crippen LogP contribution in [0.3, 0.4) is 0 Å². The van der Waals surface area contributed by atoms with Crippen LogP contribution in [-0.2, 0) is 10.0 Å². The molecular formula is C11H21F3N4O2S. The van der Waals surface area contributed by atoms with Crippen LogP contribution in [0.25, 0.3) is 0 Å². The Morgan fingerprint density at radius 3 is 2.29 bits per heavy atom. The fourth-order valence-corrected chi connectivity index (χ4v) is 3.11. The number of rotatable bonds is 4. The van der Waals surface area contributed by atoms with Gasteiger partial charge in [-0.05, 0) is 25.7 Å². The molecule has 0 bridgehead atoms. The van der Waals surface area contributed by atoms with Crippen LogP contribution in [0.5, 0.6) is 0 Å². The van der Waals surface area contributed by atoms with E-state index in [-0.39, 0.29) is 19.0 Å². The third-order valence-corrected chi connectivity index (χ3v) is 4.96. The van der Waals surface area contributed by atoms with E-state index in [2.05, 4.69) is 15.6 Å². The van der Waals surface area contributed by atoms with Crippen LogP contribution in [-0.4, -0.2) is 57.4 Å². The molecule has 1 rings (SSSR count). The lowest BCUT2D eigenvalue weighted by molar-refractivity contribution is -0.0496. The average Bonchev–Trinajstić information content (AvgIpc) is 2.42. The number of piperidine rings is 1. The van der Waals surface area contributed by atoms with Crippen molar-refractivity contribution in [1.82, 2.24) is 14.9 Å². The van der Waals surface area contributed by atoms with Gasteiger partial charge in [-0.1, -0.05) is 0 Å². The molecule has 0 saturated carbocycles. The number of guanidine groups is 1. The van der Waals surface area contributed by atoms with Crippen molar-refractivity contribution in [2.45, 2.75) is 25.3 Å². The predicted octanol–water partition coefficient (Wildman–Crippen LogP) is 0.733. The summed E-state index contributed by atoms with van der Waals surface area (Å²) >= 11 is 0. The number of alkyl halides is 3. The van der Waals surface area contributed by atoms with Crippen LogP contribution >= 0.6 is 0 Å². The SMILES string of the molecule is CCNC(=NC)NCC1CCN(S(=O)(=O)C(F)(F)F)CC1. The standard InChI is InChI=1S/C11H21F3N4O2S/c1-3-16-10(15-2)17-8-9-4-6-18(7-5-9)21(19,20)11(12,13)14/h9H,3-8H2,1-2H3,(H2,15,16,17). The number of nitrogens with one attached hydrogen (secondary N) is 2. The predicted molar refractivity (Wildman–Crippen MR) is 74.3 cm³/mol. The summed E-state index contributed by atoms with van der Waals surface area (Å²) in [7, 11) is -3.56. The summed E-state index contributed by atoms with van der Waals surface area (Å²) in [6.07, 6.45) is 0.789. The van der Waals surface area contributed by atoms with Crippen LogP contribution in [0.4, 0.5) is 13.2 Å². The number of hydrogen-bond donors (Lipinski definition) is 2. The molecule has 2 N–H and O–H groups in total. The first kappa shape index (κ1) is 18.0. The highest BCUT2D eigenvalue weighted by Gasteiger charge is 2.50. The van der Waals surface area contributed by atoms with Crippen molar-refractivity contribution >= 4 is 16.0 Å². The van der Waals surface area contributed by atoms with Crippen molar-refractivity contribution in [3.05, 3.63) is 0 Å². The van der Waals surface area contributed by atoms with Gasteiger partial charge in [0.15, 0.2) is 5.96 Å². The Morgan fingerprint density at radius 2 is 1.86 bits per heavy atom. The van der Waals surface area contributed by atoms with Gasteiger partial charge in [0.2, 0.25) is 0 Å². The Kier molecular flexibility index (Phi) is 6.26. The summed E-state index contributed by atoms with van der Waals surface area (Å²) in [5.41, 5.74) is -5.22. The Balaban J connectivity index is 2.46. The molecule has 0 aromatic rings. The largest absolute Gasteiger partial charge is 0.511 e. The summed E-state index contributed by atoms with van der Waals surface area (Å²) in [5, 5.41) is 6.08. The molecule has 0 radical (unpaired) electrons. The normalized spacial score (nSPS) is 19.6. The number of nitrogens with zero attached hydrogens (tertiary/aromatic N) is 2. The molecule has 21 heavy (non-hydrogen) atoms. The summed E-state index contributed by atoms with van der Waals surface area (Å²) in [6.45, 7) is 2.98. The molecule has 6 nitrogen and oxygen atoms in total. The van der Waals surface area contributed by atoms with Crippen LogP contribution in [0.1, 0.15) is 19.8 Å². The number of sulfonamides is 1. The molecule has 1 aliphatic rings. The highest BCUT2D eigenvalue weighted by molar-refractivity contribution is 7.90. The van der Waals surface area contributed by atoms with Crippen LogP contribution in [0, 0.1) is 5.92 Å². The van der Waals surface area contributed by atoms with Crippen molar-refractivity contribution in [2.75, 3.05) is 33.2 Å². The van der Waals surface area contributed by atoms with Crippen molar-refractivity contribution < 1.29 is 21.6 Å². The molecular weight excluding hydrogens is 309 g/mol. The number of aliphatic imine (C=N–C) groups is 1. The maximum absolute atomic E-state index is 12.4. The van der Waals surface area contributed by atoms with Crippen molar-refractivity contribution in [3.8, 4) is 0 Å². The third-order valence-electron chi connectivity index (χ3n) is 3.33. The molecule has 1 saturated heterocycles. The van der Waals surface area contributed by atoms with E-state index in [1.54, 1.807) is 7.05 Å². The Bertz CT molecular complexity index is 457. The maximum atomic E-state index is 12.4. The summed E-state index contributed by atoms with van der Waals surface area (Å²) in [6, 6.07) is 0. The lowest BCUT2D eigenvalue weighted by Crippen LogP contribution is -2.47. The molecule has 10 heteroatoms. The number of halogens is 3. The van der Waals surface area contributed by atoms with E-state index in [9.17, 15) is 21.6 Å². The van der Waals surface area contributed by atoms with Gasteiger partial charge in [-0.2, -0.15) is 17.5 Å². The van der Waals surface area contributed by atoms with Crippen molar-refractivity contribution in [2.24, 2.45) is 10.9 Å². The van der Waals surface area contributed by atoms with E-state index >= 15 is 0 Å². The fourth-order valence-electron chi connectivity index (χ4n) is 2.13. The zero-order chi connectivity index (χ0) is 16.1. The van der Waals surface area contributed by atoms with E-state index < -0.39 is 15.5 Å². The molecule has 0 atom stereocenters. The van der Waals surface area contributed by atoms with Gasteiger partial charge in [0.1, 0.15) is 0 Å². The van der Waals surface area contributed by atoms with E-state index in [0.717, 1.165) is 0 Å². The molecule has 1 heterocycles. The lowest BCUT2D eigenvalue weighted by atomic mass is 9.98. The van der Waals surface area contributed by atoms with Crippen molar-refractivity contribution in [1.29, 1.82) is 0 Å². The Labute approximate surface area is 122 Å². The zero-order valence-electron chi connectivity index (χ0n) is 12.1. The molecule has 0 unspecified atom stereocenters. The Hall–Kier alpha value is -1.03. The maximum Gasteiger partial charge on any atom is 0.511 e. The first-order valence-electron chi connectivity index (χ1n) is 6.73. The van der Waals surface area contributed by atoms with Gasteiger partial charge in [-0.15, -0.1) is 0 Å². The average molecular weight is 330 g/mol. The molecule has 0 aromatic heterocycles. The quantitative estimate of drug-likeness (QED) is 0.589. The fraction of sp³-hybridized carbons (Fsp3) is 0.909. The minimum Gasteiger partial charge on any atom is -0.357 e. The first-order valence-corrected chi connectivity index (χ1v) is 8.17. The van der Waals surface area contributed by atoms with Crippen LogP contribution in [0.15, 0.2) is 4.99 Å². The van der Waals surface area contributed by atoms with Gasteiger partial charge >= 0.3 is 15.5 Å². The minimum absolute atomic E-state index is 0.103. The van der Waals surface area contributed by atoms with Gasteiger partial charge in [0.25, 0.3) is 0 Å². The second-order valence-electron chi connectivity index (χ2n) is 4.78. The van der Waals surface area contributed by atoms with Gasteiger partial charge in [0.05, 0.1) is 0 Å². The second-order valence-corrected chi connectivity index (χ2v) is 6.71. The smallest absolute Gasteiger partial charge is 0.357 e. The van der Waals surface area contributed by atoms with Gasteiger partial charge in [0, 0.05) is 33.2 Å². The monoisotopic (exact) mass is 330 g/mol. The molecule has 0 spiro atoms. The molecule has 1 aliphatic heterocycles. The van der Waals surface area contributed by atoms with E-state index in [4.69, 9.17) is 0 Å². The van der Waals surface area contributed by atoms with Gasteiger partial charge in [-0.25, -0.2) is 8.42 Å². The zero-order valence-corrected chi connectivity index (χ0v) is 12.9. The lowest BCUT2D eigenvalue weighted by Gasteiger charge is -2.31. The van der Waals surface area contributed by atoms with Crippen LogP contribution < -0.4 is 10.6 Å². The molecule has 0 aromatic carbocycles. The number of hydrogen-bond acceptors (Lipinski definition) is 3. The van der Waals surface area contributed by atoms with E-state index in [0.29, 0.717) is 36.2 Å². The summed E-state index contributed by atoms with van der Waals surface area (Å²) in [5.74, 6) is 0.753. The van der Waals surface area contributed by atoms with Gasteiger partial charge < -0.3 is 10.6 Å². The molecule has 0 aliphatic carbocycles. The van der Waals surface area contributed by atoms with Gasteiger partial charge in [-0.3, -0.25) is 4.99 Å². The van der Waals surface area contributed by atoms with E-state index in [1.165, 1.54) is 0 Å². The molecule has 1 fully saturated rings. The molecule has 124 valence electrons. The molecule has 0 amide bonds. The van der Waals surface area contributed by atoms with E-state index in [1.807, 2.05) is 6.92 Å². The third kappa shape index (κ3) is 4.73. The highest BCUT2D eigenvalue weighted by Crippen LogP contribution is 2.30. The topological polar surface area (TPSA) is 73.8 Å². The first-order chi connectivity index (χ1) is 9.72. The summed E-state index contributed by atoms with van der Waals surface area (Å²) < 4.78 is 60.4.